The molecule has 0 aromatic heterocycles. The number of aliphatic carboxylic acids is 1. The first-order valence-corrected chi connectivity index (χ1v) is 6.61. The molecule has 110 valence electrons. The number of carbonyl (C=O) groups excluding carboxylic acids is 1. The lowest BCUT2D eigenvalue weighted by Crippen LogP contribution is -2.40. The van der Waals surface area contributed by atoms with Crippen LogP contribution in [-0.4, -0.2) is 29.6 Å². The highest BCUT2D eigenvalue weighted by Crippen LogP contribution is 2.12. The molecule has 0 fully saturated rings. The Labute approximate surface area is 118 Å². The predicted molar refractivity (Wildman–Crippen MR) is 75.7 cm³/mol. The average molecular weight is 279 g/mol. The maximum atomic E-state index is 11.7. The summed E-state index contributed by atoms with van der Waals surface area (Å²) < 4.78 is 5.47. The van der Waals surface area contributed by atoms with Crippen LogP contribution in [0.5, 0.6) is 5.75 Å². The fourth-order valence-electron chi connectivity index (χ4n) is 1.63. The fourth-order valence-corrected chi connectivity index (χ4v) is 1.63. The second kappa shape index (κ2) is 7.53. The predicted octanol–water partition coefficient (Wildman–Crippen LogP) is 1.99. The van der Waals surface area contributed by atoms with Crippen LogP contribution in [0.2, 0.25) is 0 Å². The molecule has 1 amide bonds. The smallest absolute Gasteiger partial charge is 0.308 e. The van der Waals surface area contributed by atoms with Gasteiger partial charge in [0.25, 0.3) is 0 Å². The standard InChI is InChI=1S/C15H21NO4/c1-10-5-4-6-13(9-10)20-8-7-14(17)16-12(3)11(2)15(18)19/h4-6,9,11-12H,7-8H2,1-3H3,(H,16,17)(H,18,19). The van der Waals surface area contributed by atoms with E-state index in [1.54, 1.807) is 13.8 Å². The van der Waals surface area contributed by atoms with Gasteiger partial charge in [-0.3, -0.25) is 9.59 Å². The molecular formula is C15H21NO4. The van der Waals surface area contributed by atoms with Crippen LogP contribution in [0.25, 0.3) is 0 Å². The zero-order chi connectivity index (χ0) is 15.1. The van der Waals surface area contributed by atoms with E-state index in [0.29, 0.717) is 0 Å². The number of carboxylic acids is 1. The second-order valence-corrected chi connectivity index (χ2v) is 4.90. The second-order valence-electron chi connectivity index (χ2n) is 4.90. The number of ether oxygens (including phenoxy) is 1. The minimum Gasteiger partial charge on any atom is -0.493 e. The van der Waals surface area contributed by atoms with Crippen molar-refractivity contribution >= 4 is 11.9 Å². The van der Waals surface area contributed by atoms with Gasteiger partial charge >= 0.3 is 5.97 Å². The number of rotatable bonds is 7. The van der Waals surface area contributed by atoms with Crippen molar-refractivity contribution < 1.29 is 19.4 Å². The molecule has 0 aliphatic rings. The van der Waals surface area contributed by atoms with Gasteiger partial charge in [0.05, 0.1) is 18.9 Å². The summed E-state index contributed by atoms with van der Waals surface area (Å²) in [6.45, 7) is 5.48. The number of nitrogens with one attached hydrogen (secondary N) is 1. The largest absolute Gasteiger partial charge is 0.493 e. The molecule has 0 spiro atoms. The van der Waals surface area contributed by atoms with Gasteiger partial charge in [0, 0.05) is 6.04 Å². The van der Waals surface area contributed by atoms with Gasteiger partial charge in [-0.05, 0) is 38.5 Å². The summed E-state index contributed by atoms with van der Waals surface area (Å²) in [4.78, 5) is 22.4. The SMILES string of the molecule is Cc1cccc(OCCC(=O)NC(C)C(C)C(=O)O)c1. The van der Waals surface area contributed by atoms with E-state index in [-0.39, 0.29) is 18.9 Å². The summed E-state index contributed by atoms with van der Waals surface area (Å²) in [7, 11) is 0. The third-order valence-electron chi connectivity index (χ3n) is 3.12. The van der Waals surface area contributed by atoms with Crippen molar-refractivity contribution in [1.29, 1.82) is 0 Å². The number of aryl methyl sites for hydroxylation is 1. The first-order chi connectivity index (χ1) is 9.40. The summed E-state index contributed by atoms with van der Waals surface area (Å²) in [6, 6.07) is 7.18. The Balaban J connectivity index is 2.32. The van der Waals surface area contributed by atoms with Gasteiger partial charge in [0.15, 0.2) is 0 Å². The molecule has 20 heavy (non-hydrogen) atoms. The van der Waals surface area contributed by atoms with Crippen molar-refractivity contribution in [2.24, 2.45) is 5.92 Å². The first kappa shape index (κ1) is 16.0. The Morgan fingerprint density at radius 1 is 1.35 bits per heavy atom. The van der Waals surface area contributed by atoms with E-state index in [9.17, 15) is 9.59 Å². The minimum absolute atomic E-state index is 0.199. The summed E-state index contributed by atoms with van der Waals surface area (Å²) >= 11 is 0. The van der Waals surface area contributed by atoms with E-state index >= 15 is 0 Å². The first-order valence-electron chi connectivity index (χ1n) is 6.61. The minimum atomic E-state index is -0.922. The molecule has 5 heteroatoms. The molecule has 0 heterocycles. The van der Waals surface area contributed by atoms with Gasteiger partial charge < -0.3 is 15.2 Å². The van der Waals surface area contributed by atoms with Crippen molar-refractivity contribution in [3.05, 3.63) is 29.8 Å². The van der Waals surface area contributed by atoms with Crippen LogP contribution in [0.15, 0.2) is 24.3 Å². The fraction of sp³-hybridized carbons (Fsp3) is 0.467. The zero-order valence-corrected chi connectivity index (χ0v) is 12.1. The van der Waals surface area contributed by atoms with Crippen molar-refractivity contribution in [1.82, 2.24) is 5.32 Å². The Kier molecular flexibility index (Phi) is 6.03. The topological polar surface area (TPSA) is 75.6 Å². The molecule has 0 bridgehead atoms. The van der Waals surface area contributed by atoms with Gasteiger partial charge in [-0.15, -0.1) is 0 Å². The summed E-state index contributed by atoms with van der Waals surface area (Å²) in [5, 5.41) is 11.5. The average Bonchev–Trinajstić information content (AvgIpc) is 2.37. The molecule has 2 N–H and O–H groups in total. The Morgan fingerprint density at radius 3 is 2.65 bits per heavy atom. The van der Waals surface area contributed by atoms with E-state index < -0.39 is 17.9 Å². The molecule has 2 atom stereocenters. The van der Waals surface area contributed by atoms with Crippen LogP contribution in [0.1, 0.15) is 25.8 Å². The number of amides is 1. The Bertz CT molecular complexity index is 473. The molecule has 1 aromatic carbocycles. The highest BCUT2D eigenvalue weighted by atomic mass is 16.5. The summed E-state index contributed by atoms with van der Waals surface area (Å²) in [5.41, 5.74) is 1.09. The molecule has 0 aliphatic carbocycles. The van der Waals surface area contributed by atoms with Crippen molar-refractivity contribution in [3.63, 3.8) is 0 Å². The molecule has 0 aliphatic heterocycles. The Hall–Kier alpha value is -2.04. The highest BCUT2D eigenvalue weighted by Gasteiger charge is 2.20. The normalized spacial score (nSPS) is 13.3. The van der Waals surface area contributed by atoms with Crippen LogP contribution in [-0.2, 0) is 9.59 Å². The maximum Gasteiger partial charge on any atom is 0.308 e. The Morgan fingerprint density at radius 2 is 2.05 bits per heavy atom. The van der Waals surface area contributed by atoms with E-state index in [4.69, 9.17) is 9.84 Å². The third kappa shape index (κ3) is 5.30. The van der Waals surface area contributed by atoms with Crippen molar-refractivity contribution in [3.8, 4) is 5.75 Å². The number of hydrogen-bond donors (Lipinski definition) is 2. The van der Waals surface area contributed by atoms with Crippen molar-refractivity contribution in [2.45, 2.75) is 33.2 Å². The number of carbonyl (C=O) groups is 2. The molecule has 2 unspecified atom stereocenters. The van der Waals surface area contributed by atoms with E-state index in [1.807, 2.05) is 31.2 Å². The third-order valence-corrected chi connectivity index (χ3v) is 3.12. The highest BCUT2D eigenvalue weighted by molar-refractivity contribution is 5.78. The van der Waals surface area contributed by atoms with Gasteiger partial charge in [-0.25, -0.2) is 0 Å². The van der Waals surface area contributed by atoms with Crippen LogP contribution < -0.4 is 10.1 Å². The molecular weight excluding hydrogens is 258 g/mol. The lowest BCUT2D eigenvalue weighted by molar-refractivity contribution is -0.142. The molecule has 1 aromatic rings. The van der Waals surface area contributed by atoms with Gasteiger partial charge in [0.2, 0.25) is 5.91 Å². The monoisotopic (exact) mass is 279 g/mol. The molecule has 0 saturated heterocycles. The zero-order valence-electron chi connectivity index (χ0n) is 12.1. The molecule has 5 nitrogen and oxygen atoms in total. The number of hydrogen-bond acceptors (Lipinski definition) is 3. The summed E-state index contributed by atoms with van der Waals surface area (Å²) in [5.74, 6) is -1.02. The van der Waals surface area contributed by atoms with Crippen LogP contribution in [0.4, 0.5) is 0 Å². The van der Waals surface area contributed by atoms with Crippen LogP contribution in [0, 0.1) is 12.8 Å². The van der Waals surface area contributed by atoms with Gasteiger partial charge in [0.1, 0.15) is 5.75 Å². The molecule has 0 saturated carbocycles. The molecule has 0 radical (unpaired) electrons. The van der Waals surface area contributed by atoms with Crippen LogP contribution in [0.3, 0.4) is 0 Å². The maximum absolute atomic E-state index is 11.7. The van der Waals surface area contributed by atoms with E-state index in [2.05, 4.69) is 5.32 Å². The molecule has 1 rings (SSSR count). The van der Waals surface area contributed by atoms with Gasteiger partial charge in [-0.1, -0.05) is 12.1 Å². The quantitative estimate of drug-likeness (QED) is 0.800. The van der Waals surface area contributed by atoms with Crippen molar-refractivity contribution in [2.75, 3.05) is 6.61 Å². The van der Waals surface area contributed by atoms with E-state index in [1.165, 1.54) is 0 Å². The number of benzene rings is 1. The van der Waals surface area contributed by atoms with Gasteiger partial charge in [-0.2, -0.15) is 0 Å². The van der Waals surface area contributed by atoms with Crippen LogP contribution >= 0.6 is 0 Å². The summed E-state index contributed by atoms with van der Waals surface area (Å²) in [6.07, 6.45) is 0.199. The number of carboxylic acid groups (broad SMARTS) is 1. The lowest BCUT2D eigenvalue weighted by Gasteiger charge is -2.17. The lowest BCUT2D eigenvalue weighted by atomic mass is 10.0. The van der Waals surface area contributed by atoms with E-state index in [0.717, 1.165) is 11.3 Å².